The fourth-order valence-corrected chi connectivity index (χ4v) is 1.59. The Kier molecular flexibility index (Phi) is 4.12. The second-order valence-electron chi connectivity index (χ2n) is 4.06. The Morgan fingerprint density at radius 2 is 2.37 bits per heavy atom. The molecule has 1 N–H and O–H groups in total. The number of hydrogen-bond acceptors (Lipinski definition) is 4. The smallest absolute Gasteiger partial charge is 0.253 e. The van der Waals surface area contributed by atoms with Gasteiger partial charge >= 0.3 is 0 Å². The summed E-state index contributed by atoms with van der Waals surface area (Å²) in [6.07, 6.45) is 3.63. The summed E-state index contributed by atoms with van der Waals surface area (Å²) < 4.78 is 6.37. The molecule has 0 aliphatic heterocycles. The number of furan rings is 1. The standard InChI is InChI=1S/C13H15N3O3/c1-2-10-6-13(18)16(9-15-10)8-12(17)14-7-11-4-3-5-19-11/h3-6,9H,2,7-8H2,1H3,(H,14,17). The van der Waals surface area contributed by atoms with Crippen LogP contribution < -0.4 is 10.9 Å². The molecule has 2 heterocycles. The van der Waals surface area contributed by atoms with E-state index in [-0.39, 0.29) is 18.0 Å². The van der Waals surface area contributed by atoms with Crippen molar-refractivity contribution in [3.8, 4) is 0 Å². The van der Waals surface area contributed by atoms with Crippen LogP contribution in [0.2, 0.25) is 0 Å². The molecular formula is C13H15N3O3. The van der Waals surface area contributed by atoms with E-state index in [0.717, 1.165) is 5.69 Å². The molecule has 2 aromatic heterocycles. The van der Waals surface area contributed by atoms with Crippen LogP contribution in [0.3, 0.4) is 0 Å². The van der Waals surface area contributed by atoms with Crippen molar-refractivity contribution in [2.45, 2.75) is 26.4 Å². The van der Waals surface area contributed by atoms with E-state index in [0.29, 0.717) is 18.7 Å². The maximum atomic E-state index is 11.7. The number of rotatable bonds is 5. The molecule has 0 saturated heterocycles. The molecule has 0 spiro atoms. The van der Waals surface area contributed by atoms with Crippen molar-refractivity contribution >= 4 is 5.91 Å². The first-order valence-corrected chi connectivity index (χ1v) is 6.03. The molecule has 100 valence electrons. The summed E-state index contributed by atoms with van der Waals surface area (Å²) in [4.78, 5) is 27.5. The maximum Gasteiger partial charge on any atom is 0.253 e. The number of nitrogens with one attached hydrogen (secondary N) is 1. The Morgan fingerprint density at radius 1 is 1.53 bits per heavy atom. The zero-order chi connectivity index (χ0) is 13.7. The van der Waals surface area contributed by atoms with Crippen LogP contribution in [-0.4, -0.2) is 15.5 Å². The van der Waals surface area contributed by atoms with Gasteiger partial charge in [0, 0.05) is 11.8 Å². The third-order valence-electron chi connectivity index (χ3n) is 2.65. The van der Waals surface area contributed by atoms with Gasteiger partial charge in [-0.1, -0.05) is 6.92 Å². The summed E-state index contributed by atoms with van der Waals surface area (Å²) in [6, 6.07) is 4.96. The van der Waals surface area contributed by atoms with Crippen molar-refractivity contribution in [1.82, 2.24) is 14.9 Å². The highest BCUT2D eigenvalue weighted by Crippen LogP contribution is 1.98. The van der Waals surface area contributed by atoms with Crippen molar-refractivity contribution in [2.75, 3.05) is 0 Å². The molecule has 19 heavy (non-hydrogen) atoms. The average Bonchev–Trinajstić information content (AvgIpc) is 2.92. The summed E-state index contributed by atoms with van der Waals surface area (Å²) in [5, 5.41) is 2.67. The number of aromatic nitrogens is 2. The molecule has 0 saturated carbocycles. The van der Waals surface area contributed by atoms with Gasteiger partial charge in [0.25, 0.3) is 5.56 Å². The van der Waals surface area contributed by atoms with E-state index in [1.807, 2.05) is 6.92 Å². The third kappa shape index (κ3) is 3.54. The van der Waals surface area contributed by atoms with Gasteiger partial charge in [-0.05, 0) is 18.6 Å². The van der Waals surface area contributed by atoms with Gasteiger partial charge < -0.3 is 9.73 Å². The molecule has 2 aromatic rings. The van der Waals surface area contributed by atoms with Gasteiger partial charge in [0.2, 0.25) is 5.91 Å². The largest absolute Gasteiger partial charge is 0.467 e. The predicted molar refractivity (Wildman–Crippen MR) is 68.4 cm³/mol. The fourth-order valence-electron chi connectivity index (χ4n) is 1.59. The Labute approximate surface area is 110 Å². The van der Waals surface area contributed by atoms with Crippen molar-refractivity contribution in [2.24, 2.45) is 0 Å². The molecule has 0 bridgehead atoms. The van der Waals surface area contributed by atoms with Crippen molar-refractivity contribution in [1.29, 1.82) is 0 Å². The minimum absolute atomic E-state index is 0.0451. The highest BCUT2D eigenvalue weighted by Gasteiger charge is 2.06. The fraction of sp³-hybridized carbons (Fsp3) is 0.308. The lowest BCUT2D eigenvalue weighted by Gasteiger charge is -2.06. The number of amides is 1. The Hall–Kier alpha value is -2.37. The number of aryl methyl sites for hydroxylation is 1. The zero-order valence-electron chi connectivity index (χ0n) is 10.6. The van der Waals surface area contributed by atoms with E-state index in [4.69, 9.17) is 4.42 Å². The lowest BCUT2D eigenvalue weighted by atomic mass is 10.3. The lowest BCUT2D eigenvalue weighted by Crippen LogP contribution is -2.32. The minimum Gasteiger partial charge on any atom is -0.467 e. The SMILES string of the molecule is CCc1cc(=O)n(CC(=O)NCc2ccco2)cn1. The highest BCUT2D eigenvalue weighted by molar-refractivity contribution is 5.75. The van der Waals surface area contributed by atoms with Crippen LogP contribution in [0.1, 0.15) is 18.4 Å². The minimum atomic E-state index is -0.260. The van der Waals surface area contributed by atoms with Crippen molar-refractivity contribution in [3.05, 3.63) is 52.6 Å². The molecule has 6 nitrogen and oxygen atoms in total. The van der Waals surface area contributed by atoms with Gasteiger partial charge in [-0.2, -0.15) is 0 Å². The molecule has 0 aromatic carbocycles. The van der Waals surface area contributed by atoms with E-state index in [1.165, 1.54) is 17.0 Å². The Bertz CT molecular complexity index is 602. The van der Waals surface area contributed by atoms with E-state index in [2.05, 4.69) is 10.3 Å². The van der Waals surface area contributed by atoms with Crippen LogP contribution in [0.4, 0.5) is 0 Å². The van der Waals surface area contributed by atoms with E-state index in [1.54, 1.807) is 18.4 Å². The summed E-state index contributed by atoms with van der Waals surface area (Å²) in [5.74, 6) is 0.407. The van der Waals surface area contributed by atoms with Crippen LogP contribution in [0.25, 0.3) is 0 Å². The van der Waals surface area contributed by atoms with Crippen molar-refractivity contribution < 1.29 is 9.21 Å². The monoisotopic (exact) mass is 261 g/mol. The second kappa shape index (κ2) is 5.99. The Morgan fingerprint density at radius 3 is 3.00 bits per heavy atom. The molecule has 0 atom stereocenters. The topological polar surface area (TPSA) is 77.1 Å². The molecule has 0 aliphatic carbocycles. The molecule has 2 rings (SSSR count). The van der Waals surface area contributed by atoms with Gasteiger partial charge in [-0.25, -0.2) is 4.98 Å². The lowest BCUT2D eigenvalue weighted by molar-refractivity contribution is -0.122. The van der Waals surface area contributed by atoms with Crippen LogP contribution in [0.5, 0.6) is 0 Å². The van der Waals surface area contributed by atoms with E-state index < -0.39 is 0 Å². The quantitative estimate of drug-likeness (QED) is 0.860. The molecule has 1 amide bonds. The molecule has 0 radical (unpaired) electrons. The van der Waals surface area contributed by atoms with Gasteiger partial charge in [0.15, 0.2) is 0 Å². The van der Waals surface area contributed by atoms with Gasteiger partial charge in [0.1, 0.15) is 12.3 Å². The average molecular weight is 261 g/mol. The van der Waals surface area contributed by atoms with Crippen LogP contribution in [0.15, 0.2) is 40.0 Å². The molecular weight excluding hydrogens is 246 g/mol. The molecule has 0 unspecified atom stereocenters. The van der Waals surface area contributed by atoms with Crippen molar-refractivity contribution in [3.63, 3.8) is 0 Å². The first-order valence-electron chi connectivity index (χ1n) is 6.03. The molecule has 6 heteroatoms. The second-order valence-corrected chi connectivity index (χ2v) is 4.06. The third-order valence-corrected chi connectivity index (χ3v) is 2.65. The van der Waals surface area contributed by atoms with E-state index in [9.17, 15) is 9.59 Å². The number of hydrogen-bond donors (Lipinski definition) is 1. The van der Waals surface area contributed by atoms with Crippen LogP contribution >= 0.6 is 0 Å². The van der Waals surface area contributed by atoms with Crippen LogP contribution in [0, 0.1) is 0 Å². The summed E-state index contributed by atoms with van der Waals surface area (Å²) >= 11 is 0. The highest BCUT2D eigenvalue weighted by atomic mass is 16.3. The van der Waals surface area contributed by atoms with Crippen LogP contribution in [-0.2, 0) is 24.3 Å². The summed E-state index contributed by atoms with van der Waals surface area (Å²) in [7, 11) is 0. The Balaban J connectivity index is 1.93. The van der Waals surface area contributed by atoms with Gasteiger partial charge in [-0.3, -0.25) is 14.2 Å². The number of carbonyl (C=O) groups excluding carboxylic acids is 1. The first kappa shape index (κ1) is 13.1. The van der Waals surface area contributed by atoms with E-state index >= 15 is 0 Å². The number of carbonyl (C=O) groups is 1. The summed E-state index contributed by atoms with van der Waals surface area (Å²) in [6.45, 7) is 2.18. The maximum absolute atomic E-state index is 11.7. The molecule has 0 aliphatic rings. The number of nitrogens with zero attached hydrogens (tertiary/aromatic N) is 2. The summed E-state index contributed by atoms with van der Waals surface area (Å²) in [5.41, 5.74) is 0.497. The van der Waals surface area contributed by atoms with Gasteiger partial charge in [-0.15, -0.1) is 0 Å². The first-order chi connectivity index (χ1) is 9.19. The predicted octanol–water partition coefficient (Wildman–Crippen LogP) is 0.715. The molecule has 0 fully saturated rings. The van der Waals surface area contributed by atoms with Gasteiger partial charge in [0.05, 0.1) is 19.1 Å². The normalized spacial score (nSPS) is 10.4. The zero-order valence-corrected chi connectivity index (χ0v) is 10.6.